The number of halogens is 1. The summed E-state index contributed by atoms with van der Waals surface area (Å²) < 4.78 is 4.27. The second-order valence-corrected chi connectivity index (χ2v) is 6.08. The van der Waals surface area contributed by atoms with Crippen molar-refractivity contribution in [3.05, 3.63) is 0 Å². The molecule has 0 heterocycles. The van der Waals surface area contributed by atoms with Crippen LogP contribution in [-0.4, -0.2) is 207 Å². The van der Waals surface area contributed by atoms with Gasteiger partial charge in [0.2, 0.25) is 0 Å². The zero-order valence-corrected chi connectivity index (χ0v) is 19.0. The average Bonchev–Trinajstić information content (AvgIpc) is 2.72. The number of carbonyl (C=O) groups excluding carboxylic acids is 1. The van der Waals surface area contributed by atoms with E-state index in [1.807, 2.05) is 0 Å². The van der Waals surface area contributed by atoms with E-state index in [0.29, 0.717) is 0 Å². The van der Waals surface area contributed by atoms with E-state index in [-0.39, 0.29) is 84.6 Å². The summed E-state index contributed by atoms with van der Waals surface area (Å²) in [4.78, 5) is 45.4. The molecule has 0 bridgehead atoms. The van der Waals surface area contributed by atoms with Crippen LogP contribution in [0.1, 0.15) is 0 Å². The molecular formula is C16H37ClN4Na2O12. The first-order valence-electron chi connectivity index (χ1n) is 8.98. The molecule has 0 aromatic heterocycles. The zero-order chi connectivity index (χ0) is 25.7. The molecule has 202 valence electrons. The van der Waals surface area contributed by atoms with Crippen molar-refractivity contribution in [3.8, 4) is 0 Å². The fourth-order valence-electron chi connectivity index (χ4n) is 1.73. The van der Waals surface area contributed by atoms with Crippen molar-refractivity contribution in [2.45, 2.75) is 5.54 Å². The van der Waals surface area contributed by atoms with Crippen LogP contribution in [0.25, 0.3) is 0 Å². The Morgan fingerprint density at radius 3 is 1.20 bits per heavy atom. The summed E-state index contributed by atoms with van der Waals surface area (Å²) in [5.41, 5.74) is 8.44. The number of carboxylic acids is 3. The first kappa shape index (κ1) is 48.0. The molecule has 0 aliphatic heterocycles. The third kappa shape index (κ3) is 31.8. The van der Waals surface area contributed by atoms with E-state index >= 15 is 0 Å². The van der Waals surface area contributed by atoms with Crippen molar-refractivity contribution in [3.63, 3.8) is 0 Å². The van der Waals surface area contributed by atoms with Crippen LogP contribution in [-0.2, 0) is 23.9 Å². The number of rotatable bonds is 15. The number of esters is 1. The van der Waals surface area contributed by atoms with Crippen molar-refractivity contribution in [1.82, 2.24) is 9.80 Å². The Morgan fingerprint density at radius 1 is 0.714 bits per heavy atom. The molecule has 0 spiro atoms. The molecule has 0 amide bonds. The molecule has 35 heavy (non-hydrogen) atoms. The molecule has 0 saturated heterocycles. The molecule has 0 radical (unpaired) electrons. The number of aliphatic carboxylic acids is 3. The molecule has 0 aromatic carbocycles. The Kier molecular flexibility index (Phi) is 41.2. The second kappa shape index (κ2) is 30.1. The third-order valence-electron chi connectivity index (χ3n) is 3.33. The first-order valence-corrected chi connectivity index (χ1v) is 8.98. The van der Waals surface area contributed by atoms with Crippen LogP contribution in [0.5, 0.6) is 0 Å². The molecule has 0 atom stereocenters. The Bertz CT molecular complexity index is 538. The van der Waals surface area contributed by atoms with Gasteiger partial charge < -0.3 is 51.9 Å². The summed E-state index contributed by atoms with van der Waals surface area (Å²) >= 11 is 0. The summed E-state index contributed by atoms with van der Waals surface area (Å²) in [6, 6.07) is 0. The topological polar surface area (TPSA) is 278 Å². The number of aliphatic hydroxyl groups is 4. The average molecular weight is 559 g/mol. The molecule has 0 aliphatic carbocycles. The predicted molar refractivity (Wildman–Crippen MR) is 129 cm³/mol. The fraction of sp³-hybridized carbons (Fsp3) is 0.750. The molecule has 16 nitrogen and oxygen atoms in total. The molecule has 0 fully saturated rings. The normalized spacial score (nSPS) is 9.63. The summed E-state index contributed by atoms with van der Waals surface area (Å²) in [6.07, 6.45) is 0. The van der Waals surface area contributed by atoms with Gasteiger partial charge >= 0.3 is 83.0 Å². The van der Waals surface area contributed by atoms with Gasteiger partial charge in [-0.15, -0.1) is 12.4 Å². The number of aliphatic hydroxyl groups excluding tert-OH is 4. The van der Waals surface area contributed by atoms with Crippen LogP contribution in [0.3, 0.4) is 0 Å². The monoisotopic (exact) mass is 558 g/mol. The van der Waals surface area contributed by atoms with Crippen molar-refractivity contribution < 1.29 is 59.7 Å². The van der Waals surface area contributed by atoms with Crippen molar-refractivity contribution in [2.75, 3.05) is 72.9 Å². The summed E-state index contributed by atoms with van der Waals surface area (Å²) in [6.45, 7) is -4.20. The summed E-state index contributed by atoms with van der Waals surface area (Å²) in [5.74, 6) is -4.54. The molecule has 0 rings (SSSR count). The van der Waals surface area contributed by atoms with Crippen molar-refractivity contribution in [1.29, 1.82) is 0 Å². The number of carbonyl (C=O) groups is 4. The van der Waals surface area contributed by atoms with E-state index in [4.69, 9.17) is 41.5 Å². The van der Waals surface area contributed by atoms with Crippen LogP contribution >= 0.6 is 12.4 Å². The number of nitrogens with zero attached hydrogens (tertiary/aromatic N) is 2. The van der Waals surface area contributed by atoms with Gasteiger partial charge in [0.25, 0.3) is 0 Å². The van der Waals surface area contributed by atoms with Crippen molar-refractivity contribution >= 4 is 95.4 Å². The van der Waals surface area contributed by atoms with Gasteiger partial charge in [-0.05, 0) is 7.05 Å². The van der Waals surface area contributed by atoms with E-state index < -0.39 is 82.2 Å². The van der Waals surface area contributed by atoms with Gasteiger partial charge in [-0.1, -0.05) is 0 Å². The number of hydrogen-bond donors (Lipinski definition) is 9. The van der Waals surface area contributed by atoms with Gasteiger partial charge in [0.15, 0.2) is 6.79 Å². The Morgan fingerprint density at radius 2 is 1.00 bits per heavy atom. The van der Waals surface area contributed by atoms with Crippen LogP contribution in [0.4, 0.5) is 0 Å². The van der Waals surface area contributed by atoms with E-state index in [9.17, 15) is 19.2 Å². The Balaban J connectivity index is -0.000000138. The molecule has 0 unspecified atom stereocenters. The van der Waals surface area contributed by atoms with Crippen LogP contribution in [0, 0.1) is 0 Å². The molecule has 11 N–H and O–H groups in total. The van der Waals surface area contributed by atoms with Gasteiger partial charge in [0.1, 0.15) is 0 Å². The van der Waals surface area contributed by atoms with Gasteiger partial charge in [-0.3, -0.25) is 29.0 Å². The maximum absolute atomic E-state index is 11.2. The Hall–Kier alpha value is -0.150. The van der Waals surface area contributed by atoms with Crippen LogP contribution < -0.4 is 11.5 Å². The van der Waals surface area contributed by atoms with E-state index in [1.165, 1.54) is 7.05 Å². The van der Waals surface area contributed by atoms with Crippen LogP contribution in [0.2, 0.25) is 0 Å². The number of nitrogens with two attached hydrogens (primary N) is 2. The zero-order valence-electron chi connectivity index (χ0n) is 18.2. The minimum atomic E-state index is -1.23. The molecule has 0 aromatic rings. The molecular weight excluding hydrogens is 522 g/mol. The second-order valence-electron chi connectivity index (χ2n) is 6.08. The molecule has 0 aliphatic rings. The van der Waals surface area contributed by atoms with Crippen LogP contribution in [0.15, 0.2) is 0 Å². The van der Waals surface area contributed by atoms with Gasteiger partial charge in [0.05, 0.1) is 51.5 Å². The maximum atomic E-state index is 11.2. The van der Waals surface area contributed by atoms with Gasteiger partial charge in [0, 0.05) is 13.1 Å². The fourth-order valence-corrected chi connectivity index (χ4v) is 1.73. The predicted octanol–water partition coefficient (Wildman–Crippen LogP) is -6.30. The standard InChI is InChI=1S/C11H18N2O9.C4H11NO3.CH5N.ClH.2Na.2H/c14-7-22-11(21)6-13(5-10(19)20)2-1-12(3-8(15)16)4-9(17)18;5-4(1-6,2-7)3-8;1-2;;;;;/h14H,1-7H2,(H,15,16)(H,17,18)(H,19,20);6-8H,1-3,5H2;2H2,1H3;1H;;;;. The first-order chi connectivity index (χ1) is 14.9. The van der Waals surface area contributed by atoms with Gasteiger partial charge in [-0.2, -0.15) is 0 Å². The summed E-state index contributed by atoms with van der Waals surface area (Å²) in [7, 11) is 1.50. The number of hydrogen-bond acceptors (Lipinski definition) is 13. The molecule has 0 saturated carbocycles. The SMILES string of the molecule is CN.Cl.NC(CO)(CO)CO.O=C(O)CN(CCN(CC(=O)O)CC(=O)OCO)CC(=O)O.[NaH].[NaH]. The molecule has 19 heteroatoms. The van der Waals surface area contributed by atoms with E-state index in [2.05, 4.69) is 10.5 Å². The van der Waals surface area contributed by atoms with E-state index in [1.54, 1.807) is 0 Å². The van der Waals surface area contributed by atoms with E-state index in [0.717, 1.165) is 9.80 Å². The number of ether oxygens (including phenoxy) is 1. The third-order valence-corrected chi connectivity index (χ3v) is 3.33. The van der Waals surface area contributed by atoms with Crippen molar-refractivity contribution in [2.24, 2.45) is 11.5 Å². The summed E-state index contributed by atoms with van der Waals surface area (Å²) in [5, 5.41) is 59.5. The quantitative estimate of drug-likeness (QED) is 0.0513. The number of carboxylic acid groups (broad SMARTS) is 3. The Labute approximate surface area is 253 Å². The minimum absolute atomic E-state index is 0. The van der Waals surface area contributed by atoms with Gasteiger partial charge in [-0.25, -0.2) is 0 Å².